The fraction of sp³-hybridized carbons (Fsp3) is 0.294. The van der Waals surface area contributed by atoms with Gasteiger partial charge in [0.05, 0.1) is 16.6 Å². The van der Waals surface area contributed by atoms with Crippen molar-refractivity contribution >= 4 is 15.7 Å². The first-order valence-corrected chi connectivity index (χ1v) is 8.77. The van der Waals surface area contributed by atoms with Gasteiger partial charge in [-0.3, -0.25) is 4.31 Å². The molecule has 0 saturated heterocycles. The molecule has 127 valence electrons. The van der Waals surface area contributed by atoms with Gasteiger partial charge in [-0.15, -0.1) is 0 Å². The third kappa shape index (κ3) is 4.65. The fourth-order valence-electron chi connectivity index (χ4n) is 2.14. The molecule has 7 heteroatoms. The van der Waals surface area contributed by atoms with E-state index in [9.17, 15) is 17.2 Å². The second-order valence-electron chi connectivity index (χ2n) is 5.25. The maximum atomic E-state index is 14.0. The largest absolute Gasteiger partial charge is 0.264 e. The molecule has 0 saturated carbocycles. The Morgan fingerprint density at radius 2 is 1.71 bits per heavy atom. The molecule has 24 heavy (non-hydrogen) atoms. The quantitative estimate of drug-likeness (QED) is 0.702. The maximum absolute atomic E-state index is 14.0. The summed E-state index contributed by atoms with van der Waals surface area (Å²) >= 11 is 0. The summed E-state index contributed by atoms with van der Waals surface area (Å²) in [4.78, 5) is 0.0722. The Balaban J connectivity index is 0.00000288. The van der Waals surface area contributed by atoms with Gasteiger partial charge in [-0.2, -0.15) is 0 Å². The predicted molar refractivity (Wildman–Crippen MR) is 85.8 cm³/mol. The Morgan fingerprint density at radius 1 is 1.08 bits per heavy atom. The van der Waals surface area contributed by atoms with Crippen molar-refractivity contribution in [2.45, 2.75) is 31.6 Å². The SMILES string of the molecule is CCCCN(c1ccc(F)[c]c1F)S(=O)(=O)c1ccc(C)cc1.[Ti]. The van der Waals surface area contributed by atoms with E-state index >= 15 is 0 Å². The van der Waals surface area contributed by atoms with E-state index in [4.69, 9.17) is 0 Å². The number of unbranched alkanes of at least 4 members (excludes halogenated alkanes) is 1. The molecule has 3 nitrogen and oxygen atoms in total. The smallest absolute Gasteiger partial charge is 0.263 e. The van der Waals surface area contributed by atoms with E-state index in [1.54, 1.807) is 12.1 Å². The molecule has 1 radical (unpaired) electrons. The molecule has 0 N–H and O–H groups in total. The molecule has 0 spiro atoms. The Kier molecular flexibility index (Phi) is 7.58. The molecule has 2 aromatic carbocycles. The van der Waals surface area contributed by atoms with Crippen LogP contribution in [0.15, 0.2) is 41.3 Å². The molecule has 0 aliphatic carbocycles. The normalized spacial score (nSPS) is 11.0. The molecule has 0 aliphatic rings. The number of hydrogen-bond acceptors (Lipinski definition) is 2. The fourth-order valence-corrected chi connectivity index (χ4v) is 3.64. The van der Waals surface area contributed by atoms with Gasteiger partial charge in [0.2, 0.25) is 0 Å². The van der Waals surface area contributed by atoms with Crippen molar-refractivity contribution in [3.8, 4) is 0 Å². The van der Waals surface area contributed by atoms with E-state index in [0.717, 1.165) is 28.4 Å². The van der Waals surface area contributed by atoms with Crippen LogP contribution >= 0.6 is 0 Å². The summed E-state index contributed by atoms with van der Waals surface area (Å²) in [7, 11) is -3.93. The van der Waals surface area contributed by atoms with Crippen LogP contribution in [0.3, 0.4) is 0 Å². The van der Waals surface area contributed by atoms with Crippen LogP contribution in [0, 0.1) is 24.6 Å². The first-order valence-electron chi connectivity index (χ1n) is 7.33. The van der Waals surface area contributed by atoms with E-state index in [2.05, 4.69) is 0 Å². The zero-order valence-electron chi connectivity index (χ0n) is 13.5. The summed E-state index contributed by atoms with van der Waals surface area (Å²) in [5, 5.41) is 0. The van der Waals surface area contributed by atoms with Gasteiger partial charge in [0.15, 0.2) is 5.82 Å². The van der Waals surface area contributed by atoms with Crippen LogP contribution < -0.4 is 4.31 Å². The minimum absolute atomic E-state index is 0. The number of sulfonamides is 1. The molecule has 0 bridgehead atoms. The van der Waals surface area contributed by atoms with Gasteiger partial charge in [-0.25, -0.2) is 17.2 Å². The van der Waals surface area contributed by atoms with Gasteiger partial charge in [0.25, 0.3) is 10.0 Å². The van der Waals surface area contributed by atoms with E-state index in [0.29, 0.717) is 6.42 Å². The average Bonchev–Trinajstić information content (AvgIpc) is 2.49. The number of benzene rings is 2. The molecule has 2 aromatic rings. The van der Waals surface area contributed by atoms with Crippen LogP contribution in [0.4, 0.5) is 14.5 Å². The average molecular weight is 386 g/mol. The molecule has 0 aromatic heterocycles. The monoisotopic (exact) mass is 386 g/mol. The predicted octanol–water partition coefficient (Wildman–Crippen LogP) is 4.07. The maximum Gasteiger partial charge on any atom is 0.264 e. The third-order valence-electron chi connectivity index (χ3n) is 3.43. The summed E-state index contributed by atoms with van der Waals surface area (Å²) in [6, 6.07) is 10.3. The summed E-state index contributed by atoms with van der Waals surface area (Å²) in [6.07, 6.45) is 1.30. The number of rotatable bonds is 6. The summed E-state index contributed by atoms with van der Waals surface area (Å²) in [6.45, 7) is 3.87. The zero-order chi connectivity index (χ0) is 17.0. The minimum atomic E-state index is -3.93. The molecule has 0 fully saturated rings. The Hall–Kier alpha value is -1.24. The van der Waals surface area contributed by atoms with Crippen LogP contribution in [-0.2, 0) is 31.7 Å². The van der Waals surface area contributed by atoms with Crippen molar-refractivity contribution in [1.29, 1.82) is 0 Å². The van der Waals surface area contributed by atoms with Gasteiger partial charge in [-0.05, 0) is 37.6 Å². The second kappa shape index (κ2) is 8.74. The van der Waals surface area contributed by atoms with Gasteiger partial charge in [0, 0.05) is 28.3 Å². The topological polar surface area (TPSA) is 37.4 Å². The molecule has 0 amide bonds. The number of halogens is 2. The minimum Gasteiger partial charge on any atom is -0.263 e. The van der Waals surface area contributed by atoms with Crippen LogP contribution in [0.25, 0.3) is 0 Å². The van der Waals surface area contributed by atoms with Crippen LogP contribution in [0.5, 0.6) is 0 Å². The van der Waals surface area contributed by atoms with Crippen LogP contribution in [0.2, 0.25) is 0 Å². The third-order valence-corrected chi connectivity index (χ3v) is 5.26. The van der Waals surface area contributed by atoms with E-state index < -0.39 is 21.7 Å². The van der Waals surface area contributed by atoms with Crippen molar-refractivity contribution in [2.24, 2.45) is 0 Å². The molecular weight excluding hydrogens is 368 g/mol. The Morgan fingerprint density at radius 3 is 2.25 bits per heavy atom. The van der Waals surface area contributed by atoms with Crippen molar-refractivity contribution in [3.63, 3.8) is 0 Å². The van der Waals surface area contributed by atoms with Crippen LogP contribution in [0.1, 0.15) is 25.3 Å². The number of nitrogens with zero attached hydrogens (tertiary/aromatic N) is 1. The summed E-state index contributed by atoms with van der Waals surface area (Å²) < 4.78 is 53.8. The van der Waals surface area contributed by atoms with Crippen molar-refractivity contribution < 1.29 is 38.9 Å². The van der Waals surface area contributed by atoms with Gasteiger partial charge >= 0.3 is 0 Å². The van der Waals surface area contributed by atoms with Gasteiger partial charge in [0.1, 0.15) is 5.82 Å². The second-order valence-corrected chi connectivity index (χ2v) is 7.11. The molecule has 0 heterocycles. The standard InChI is InChI=1S/C17H18F2NO2S.Ti/c1-3-4-11-20(17-10-7-14(18)12-16(17)19)23(21,22)15-8-5-13(2)6-9-15;/h5-10H,3-4,11H2,1-2H3;. The first-order chi connectivity index (χ1) is 10.9. The van der Waals surface area contributed by atoms with E-state index in [-0.39, 0.29) is 38.8 Å². The van der Waals surface area contributed by atoms with Crippen molar-refractivity contribution in [2.75, 3.05) is 10.8 Å². The van der Waals surface area contributed by atoms with Crippen LogP contribution in [-0.4, -0.2) is 15.0 Å². The van der Waals surface area contributed by atoms with E-state index in [1.165, 1.54) is 12.1 Å². The van der Waals surface area contributed by atoms with Crippen molar-refractivity contribution in [3.05, 3.63) is 59.7 Å². The number of hydrogen-bond donors (Lipinski definition) is 0. The molecule has 2 rings (SSSR count). The first kappa shape index (κ1) is 20.8. The zero-order valence-corrected chi connectivity index (χ0v) is 15.9. The Labute approximate surface area is 156 Å². The molecule has 0 unspecified atom stereocenters. The van der Waals surface area contributed by atoms with Crippen molar-refractivity contribution in [1.82, 2.24) is 0 Å². The molecule has 0 aliphatic heterocycles. The summed E-state index contributed by atoms with van der Waals surface area (Å²) in [5.41, 5.74) is 0.728. The van der Waals surface area contributed by atoms with Gasteiger partial charge in [-0.1, -0.05) is 31.0 Å². The molecule has 0 atom stereocenters. The number of aryl methyl sites for hydroxylation is 1. The molecular formula is C17H18F2NO2STi. The number of anilines is 1. The summed E-state index contributed by atoms with van der Waals surface area (Å²) in [5.74, 6) is -1.88. The van der Waals surface area contributed by atoms with E-state index in [1.807, 2.05) is 19.9 Å². The Bertz CT molecular complexity index is 780. The van der Waals surface area contributed by atoms with Gasteiger partial charge < -0.3 is 0 Å².